The molecule has 0 saturated heterocycles. The molecule has 0 amide bonds. The first-order valence-corrected chi connectivity index (χ1v) is 6.50. The lowest BCUT2D eigenvalue weighted by Crippen LogP contribution is -2.13. The van der Waals surface area contributed by atoms with E-state index in [1.165, 1.54) is 12.1 Å². The van der Waals surface area contributed by atoms with E-state index >= 15 is 0 Å². The van der Waals surface area contributed by atoms with Crippen LogP contribution in [0.2, 0.25) is 5.02 Å². The van der Waals surface area contributed by atoms with Crippen LogP contribution in [0.1, 0.15) is 11.1 Å². The van der Waals surface area contributed by atoms with E-state index in [9.17, 15) is 13.2 Å². The molecule has 0 aliphatic rings. The van der Waals surface area contributed by atoms with Gasteiger partial charge in [-0.2, -0.15) is 13.2 Å². The van der Waals surface area contributed by atoms with Crippen molar-refractivity contribution in [1.29, 1.82) is 0 Å². The number of thiocarbonyl (C=S) groups is 1. The molecule has 0 atom stereocenters. The molecule has 0 unspecified atom stereocenters. The van der Waals surface area contributed by atoms with Gasteiger partial charge in [-0.25, -0.2) is 0 Å². The molecule has 0 aliphatic heterocycles. The lowest BCUT2D eigenvalue weighted by Gasteiger charge is -2.13. The molecule has 2 aromatic carbocycles. The largest absolute Gasteiger partial charge is 0.457 e. The second kappa shape index (κ2) is 5.91. The van der Waals surface area contributed by atoms with Gasteiger partial charge in [0.15, 0.2) is 0 Å². The van der Waals surface area contributed by atoms with E-state index < -0.39 is 11.7 Å². The Morgan fingerprint density at radius 1 is 1.14 bits per heavy atom. The molecule has 2 N–H and O–H groups in total. The van der Waals surface area contributed by atoms with Crippen LogP contribution in [0.3, 0.4) is 0 Å². The zero-order valence-corrected chi connectivity index (χ0v) is 12.0. The van der Waals surface area contributed by atoms with Crippen molar-refractivity contribution in [3.63, 3.8) is 0 Å². The van der Waals surface area contributed by atoms with Crippen molar-refractivity contribution < 1.29 is 17.9 Å². The third-order valence-electron chi connectivity index (χ3n) is 2.60. The molecule has 110 valence electrons. The minimum absolute atomic E-state index is 0.0137. The van der Waals surface area contributed by atoms with Crippen LogP contribution in [0.5, 0.6) is 11.5 Å². The molecule has 21 heavy (non-hydrogen) atoms. The van der Waals surface area contributed by atoms with Gasteiger partial charge < -0.3 is 10.5 Å². The molecule has 0 aromatic heterocycles. The predicted octanol–water partition coefficient (Wildman–Crippen LogP) is 4.79. The average Bonchev–Trinajstić information content (AvgIpc) is 2.37. The van der Waals surface area contributed by atoms with Gasteiger partial charge in [0.25, 0.3) is 0 Å². The lowest BCUT2D eigenvalue weighted by atomic mass is 10.1. The molecule has 2 nitrogen and oxygen atoms in total. The van der Waals surface area contributed by atoms with Gasteiger partial charge in [0.1, 0.15) is 16.5 Å². The first kappa shape index (κ1) is 15.6. The molecule has 0 radical (unpaired) electrons. The molecule has 0 saturated carbocycles. The maximum absolute atomic E-state index is 12.7. The minimum atomic E-state index is -4.48. The van der Waals surface area contributed by atoms with Gasteiger partial charge in [0, 0.05) is 5.02 Å². The van der Waals surface area contributed by atoms with Crippen LogP contribution in [0, 0.1) is 0 Å². The fourth-order valence-corrected chi connectivity index (χ4v) is 1.99. The third kappa shape index (κ3) is 3.86. The summed E-state index contributed by atoms with van der Waals surface area (Å²) in [7, 11) is 0. The van der Waals surface area contributed by atoms with Gasteiger partial charge in [0.05, 0.1) is 11.1 Å². The van der Waals surface area contributed by atoms with E-state index in [-0.39, 0.29) is 16.3 Å². The zero-order valence-electron chi connectivity index (χ0n) is 10.4. The number of hydrogen-bond acceptors (Lipinski definition) is 2. The second-order valence-electron chi connectivity index (χ2n) is 4.13. The minimum Gasteiger partial charge on any atom is -0.457 e. The van der Waals surface area contributed by atoms with Crippen LogP contribution in [0.25, 0.3) is 0 Å². The number of ether oxygens (including phenoxy) is 1. The maximum atomic E-state index is 12.7. The summed E-state index contributed by atoms with van der Waals surface area (Å²) in [5, 5.41) is 0.441. The quantitative estimate of drug-likeness (QED) is 0.822. The number of benzene rings is 2. The van der Waals surface area contributed by atoms with Crippen molar-refractivity contribution in [3.8, 4) is 11.5 Å². The van der Waals surface area contributed by atoms with Crippen molar-refractivity contribution in [1.82, 2.24) is 0 Å². The van der Waals surface area contributed by atoms with E-state index in [0.717, 1.165) is 12.1 Å². The van der Waals surface area contributed by atoms with Crippen LogP contribution in [-0.4, -0.2) is 4.99 Å². The second-order valence-corrected chi connectivity index (χ2v) is 5.01. The number of alkyl halides is 3. The molecule has 0 heterocycles. The van der Waals surface area contributed by atoms with Crippen LogP contribution in [-0.2, 0) is 6.18 Å². The topological polar surface area (TPSA) is 35.2 Å². The van der Waals surface area contributed by atoms with Crippen molar-refractivity contribution in [3.05, 3.63) is 58.6 Å². The number of halogens is 4. The summed E-state index contributed by atoms with van der Waals surface area (Å²) >= 11 is 10.6. The van der Waals surface area contributed by atoms with Crippen LogP contribution >= 0.6 is 23.8 Å². The molecule has 0 aliphatic carbocycles. The fourth-order valence-electron chi connectivity index (χ4n) is 1.65. The van der Waals surface area contributed by atoms with E-state index in [2.05, 4.69) is 0 Å². The molecule has 0 fully saturated rings. The summed E-state index contributed by atoms with van der Waals surface area (Å²) in [5.41, 5.74) is 4.64. The molecule has 7 heteroatoms. The van der Waals surface area contributed by atoms with Crippen molar-refractivity contribution in [2.75, 3.05) is 0 Å². The highest BCUT2D eigenvalue weighted by Gasteiger charge is 2.31. The highest BCUT2D eigenvalue weighted by Crippen LogP contribution is 2.34. The summed E-state index contributed by atoms with van der Waals surface area (Å²) in [6.07, 6.45) is -4.48. The molecule has 2 aromatic rings. The monoisotopic (exact) mass is 331 g/mol. The predicted molar refractivity (Wildman–Crippen MR) is 78.9 cm³/mol. The Balaban J connectivity index is 2.42. The Kier molecular flexibility index (Phi) is 4.39. The summed E-state index contributed by atoms with van der Waals surface area (Å²) < 4.78 is 43.6. The van der Waals surface area contributed by atoms with Gasteiger partial charge in [-0.15, -0.1) is 0 Å². The van der Waals surface area contributed by atoms with Gasteiger partial charge in [-0.1, -0.05) is 29.9 Å². The third-order valence-corrected chi connectivity index (χ3v) is 3.05. The Bertz CT molecular complexity index is 688. The van der Waals surface area contributed by atoms with Crippen molar-refractivity contribution in [2.24, 2.45) is 5.73 Å². The normalized spacial score (nSPS) is 11.2. The summed E-state index contributed by atoms with van der Waals surface area (Å²) in [6, 6.07) is 9.40. The Morgan fingerprint density at radius 2 is 1.86 bits per heavy atom. The zero-order chi connectivity index (χ0) is 15.6. The van der Waals surface area contributed by atoms with Gasteiger partial charge >= 0.3 is 6.18 Å². The standard InChI is InChI=1S/C14H9ClF3NOS/c15-9-2-1-3-10(7-9)20-12-5-4-8(14(16,17)18)6-11(12)13(19)21/h1-7H,(H2,19,21). The summed E-state index contributed by atoms with van der Waals surface area (Å²) in [4.78, 5) is -0.182. The van der Waals surface area contributed by atoms with E-state index in [0.29, 0.717) is 10.8 Å². The highest BCUT2D eigenvalue weighted by molar-refractivity contribution is 7.80. The fraction of sp³-hybridized carbons (Fsp3) is 0.0714. The summed E-state index contributed by atoms with van der Waals surface area (Å²) in [6.45, 7) is 0. The van der Waals surface area contributed by atoms with E-state index in [4.69, 9.17) is 34.3 Å². The first-order chi connectivity index (χ1) is 9.77. The van der Waals surface area contributed by atoms with Gasteiger partial charge in [-0.05, 0) is 36.4 Å². The van der Waals surface area contributed by atoms with Gasteiger partial charge in [0.2, 0.25) is 0 Å². The van der Waals surface area contributed by atoms with Gasteiger partial charge in [-0.3, -0.25) is 0 Å². The Hall–Kier alpha value is -1.79. The first-order valence-electron chi connectivity index (χ1n) is 5.72. The van der Waals surface area contributed by atoms with Crippen LogP contribution < -0.4 is 10.5 Å². The SMILES string of the molecule is NC(=S)c1cc(C(F)(F)F)ccc1Oc1cccc(Cl)c1. The van der Waals surface area contributed by atoms with Crippen LogP contribution in [0.15, 0.2) is 42.5 Å². The number of rotatable bonds is 3. The van der Waals surface area contributed by atoms with E-state index in [1.54, 1.807) is 18.2 Å². The lowest BCUT2D eigenvalue weighted by molar-refractivity contribution is -0.137. The number of nitrogens with two attached hydrogens (primary N) is 1. The average molecular weight is 332 g/mol. The molecule has 2 rings (SSSR count). The maximum Gasteiger partial charge on any atom is 0.416 e. The Labute approximate surface area is 129 Å². The highest BCUT2D eigenvalue weighted by atomic mass is 35.5. The molecular weight excluding hydrogens is 323 g/mol. The van der Waals surface area contributed by atoms with E-state index in [1.807, 2.05) is 0 Å². The van der Waals surface area contributed by atoms with Crippen LogP contribution in [0.4, 0.5) is 13.2 Å². The molecule has 0 spiro atoms. The van der Waals surface area contributed by atoms with Crippen molar-refractivity contribution >= 4 is 28.8 Å². The van der Waals surface area contributed by atoms with Crippen molar-refractivity contribution in [2.45, 2.75) is 6.18 Å². The summed E-state index contributed by atoms with van der Waals surface area (Å²) in [5.74, 6) is 0.512. The Morgan fingerprint density at radius 3 is 2.43 bits per heavy atom. The molecular formula is C14H9ClF3NOS. The molecule has 0 bridgehead atoms. The smallest absolute Gasteiger partial charge is 0.416 e. The number of hydrogen-bond donors (Lipinski definition) is 1.